The lowest BCUT2D eigenvalue weighted by Crippen LogP contribution is -2.60. The molecule has 0 saturated carbocycles. The number of likely N-dealkylation sites (N-methyl/N-ethyl adjacent to an activating group) is 1. The Bertz CT molecular complexity index is 374. The number of hydrogen-bond donors (Lipinski definition) is 1. The van der Waals surface area contributed by atoms with Gasteiger partial charge in [-0.25, -0.2) is 9.59 Å². The highest BCUT2D eigenvalue weighted by atomic mass is 16.6. The molecule has 1 fully saturated rings. The van der Waals surface area contributed by atoms with Gasteiger partial charge in [-0.3, -0.25) is 9.69 Å². The van der Waals surface area contributed by atoms with Crippen molar-refractivity contribution >= 4 is 18.0 Å². The Kier molecular flexibility index (Phi) is 3.83. The molecule has 0 spiro atoms. The van der Waals surface area contributed by atoms with Crippen LogP contribution in [0.1, 0.15) is 20.8 Å². The van der Waals surface area contributed by atoms with Crippen molar-refractivity contribution in [2.24, 2.45) is 0 Å². The van der Waals surface area contributed by atoms with Crippen molar-refractivity contribution in [2.75, 3.05) is 20.1 Å². The molecular weight excluding hydrogens is 240 g/mol. The summed E-state index contributed by atoms with van der Waals surface area (Å²) in [6, 6.07) is -1.07. The standard InChI is InChI=1S/C11H18N2O5/c1-11(2,3)18-10(17)13-6-8(14)12(4)5-7(13)9(15)16/h7H,5-6H2,1-4H3,(H,15,16)/t7-/m0/s1. The van der Waals surface area contributed by atoms with Crippen molar-refractivity contribution in [2.45, 2.75) is 32.4 Å². The van der Waals surface area contributed by atoms with E-state index in [2.05, 4.69) is 0 Å². The van der Waals surface area contributed by atoms with E-state index in [1.165, 1.54) is 11.9 Å². The molecule has 0 unspecified atom stereocenters. The molecule has 1 rings (SSSR count). The summed E-state index contributed by atoms with van der Waals surface area (Å²) in [5, 5.41) is 9.07. The summed E-state index contributed by atoms with van der Waals surface area (Å²) < 4.78 is 5.09. The van der Waals surface area contributed by atoms with E-state index in [4.69, 9.17) is 9.84 Å². The maximum atomic E-state index is 11.9. The molecule has 0 aliphatic carbocycles. The van der Waals surface area contributed by atoms with Crippen molar-refractivity contribution in [1.29, 1.82) is 0 Å². The zero-order chi connectivity index (χ0) is 14.1. The Morgan fingerprint density at radius 1 is 1.39 bits per heavy atom. The van der Waals surface area contributed by atoms with Crippen molar-refractivity contribution in [3.05, 3.63) is 0 Å². The molecule has 1 heterocycles. The Labute approximate surface area is 105 Å². The first kappa shape index (κ1) is 14.3. The molecule has 0 aromatic heterocycles. The van der Waals surface area contributed by atoms with E-state index >= 15 is 0 Å². The lowest BCUT2D eigenvalue weighted by Gasteiger charge is -2.37. The fourth-order valence-electron chi connectivity index (χ4n) is 1.56. The molecule has 1 saturated heterocycles. The van der Waals surface area contributed by atoms with Gasteiger partial charge in [0.2, 0.25) is 5.91 Å². The van der Waals surface area contributed by atoms with Crippen molar-refractivity contribution in [1.82, 2.24) is 9.80 Å². The van der Waals surface area contributed by atoms with Crippen molar-refractivity contribution in [3.8, 4) is 0 Å². The third kappa shape index (κ3) is 3.35. The van der Waals surface area contributed by atoms with Crippen LogP contribution in [-0.4, -0.2) is 64.7 Å². The molecule has 7 heteroatoms. The molecule has 1 aliphatic heterocycles. The molecule has 102 valence electrons. The second kappa shape index (κ2) is 4.83. The number of amides is 2. The number of ether oxygens (including phenoxy) is 1. The van der Waals surface area contributed by atoms with Crippen LogP contribution in [0.3, 0.4) is 0 Å². The minimum Gasteiger partial charge on any atom is -0.480 e. The van der Waals surface area contributed by atoms with Crippen LogP contribution >= 0.6 is 0 Å². The predicted molar refractivity (Wildman–Crippen MR) is 62.0 cm³/mol. The van der Waals surface area contributed by atoms with Crippen molar-refractivity contribution < 1.29 is 24.2 Å². The first-order valence-corrected chi connectivity index (χ1v) is 5.58. The number of hydrogen-bond acceptors (Lipinski definition) is 4. The maximum absolute atomic E-state index is 11.9. The quantitative estimate of drug-likeness (QED) is 0.723. The van der Waals surface area contributed by atoms with Crippen LogP contribution < -0.4 is 0 Å². The van der Waals surface area contributed by atoms with Gasteiger partial charge in [-0.1, -0.05) is 0 Å². The summed E-state index contributed by atoms with van der Waals surface area (Å²) in [7, 11) is 1.50. The van der Waals surface area contributed by atoms with Gasteiger partial charge in [0.05, 0.1) is 6.54 Å². The summed E-state index contributed by atoms with van der Waals surface area (Å²) in [4.78, 5) is 36.7. The minimum atomic E-state index is -1.15. The number of carbonyl (C=O) groups is 3. The fourth-order valence-corrected chi connectivity index (χ4v) is 1.56. The van der Waals surface area contributed by atoms with Crippen LogP contribution in [0, 0.1) is 0 Å². The number of piperazine rings is 1. The predicted octanol–water partition coefficient (Wildman–Crippen LogP) is 0.149. The summed E-state index contributed by atoms with van der Waals surface area (Å²) in [6.07, 6.45) is -0.781. The van der Waals surface area contributed by atoms with E-state index in [1.54, 1.807) is 20.8 Å². The third-order valence-corrected chi connectivity index (χ3v) is 2.47. The molecule has 2 amide bonds. The van der Waals surface area contributed by atoms with Crippen LogP contribution in [0.15, 0.2) is 0 Å². The highest BCUT2D eigenvalue weighted by Gasteiger charge is 2.39. The monoisotopic (exact) mass is 258 g/mol. The largest absolute Gasteiger partial charge is 0.480 e. The van der Waals surface area contributed by atoms with Crippen LogP contribution in [0.5, 0.6) is 0 Å². The second-order valence-electron chi connectivity index (χ2n) is 5.24. The third-order valence-electron chi connectivity index (χ3n) is 2.47. The molecule has 1 aliphatic rings. The van der Waals surface area contributed by atoms with Gasteiger partial charge >= 0.3 is 12.1 Å². The summed E-state index contributed by atoms with van der Waals surface area (Å²) in [5.41, 5.74) is -0.730. The molecule has 0 aromatic rings. The number of carbonyl (C=O) groups excluding carboxylic acids is 2. The minimum absolute atomic E-state index is 0.0343. The zero-order valence-corrected chi connectivity index (χ0v) is 11.0. The molecular formula is C11H18N2O5. The topological polar surface area (TPSA) is 87.2 Å². The van der Waals surface area contributed by atoms with Gasteiger partial charge in [0.1, 0.15) is 12.1 Å². The van der Waals surface area contributed by atoms with Crippen LogP contribution in [0.4, 0.5) is 4.79 Å². The lowest BCUT2D eigenvalue weighted by molar-refractivity contribution is -0.150. The molecule has 0 bridgehead atoms. The lowest BCUT2D eigenvalue weighted by atomic mass is 10.1. The molecule has 1 atom stereocenters. The van der Waals surface area contributed by atoms with Crippen molar-refractivity contribution in [3.63, 3.8) is 0 Å². The van der Waals surface area contributed by atoms with E-state index in [0.717, 1.165) is 4.90 Å². The fraction of sp³-hybridized carbons (Fsp3) is 0.727. The van der Waals surface area contributed by atoms with E-state index in [1.807, 2.05) is 0 Å². The van der Waals surface area contributed by atoms with Crippen LogP contribution in [0.25, 0.3) is 0 Å². The van der Waals surface area contributed by atoms with E-state index in [-0.39, 0.29) is 19.0 Å². The highest BCUT2D eigenvalue weighted by molar-refractivity contribution is 5.89. The Morgan fingerprint density at radius 3 is 2.39 bits per heavy atom. The van der Waals surface area contributed by atoms with E-state index in [9.17, 15) is 14.4 Å². The van der Waals surface area contributed by atoms with E-state index in [0.29, 0.717) is 0 Å². The first-order chi connectivity index (χ1) is 8.11. The van der Waals surface area contributed by atoms with Gasteiger partial charge < -0.3 is 14.7 Å². The Morgan fingerprint density at radius 2 is 1.94 bits per heavy atom. The normalized spacial score (nSPS) is 20.9. The zero-order valence-electron chi connectivity index (χ0n) is 11.0. The average molecular weight is 258 g/mol. The van der Waals surface area contributed by atoms with Gasteiger partial charge in [-0.15, -0.1) is 0 Å². The van der Waals surface area contributed by atoms with Crippen LogP contribution in [-0.2, 0) is 14.3 Å². The van der Waals surface area contributed by atoms with E-state index < -0.39 is 23.7 Å². The van der Waals surface area contributed by atoms with Crippen LogP contribution in [0.2, 0.25) is 0 Å². The summed E-state index contributed by atoms with van der Waals surface area (Å²) in [6.45, 7) is 4.73. The highest BCUT2D eigenvalue weighted by Crippen LogP contribution is 2.15. The molecule has 0 aromatic carbocycles. The number of carboxylic acids is 1. The van der Waals surface area contributed by atoms with Gasteiger partial charge in [-0.2, -0.15) is 0 Å². The second-order valence-corrected chi connectivity index (χ2v) is 5.24. The maximum Gasteiger partial charge on any atom is 0.411 e. The molecule has 18 heavy (non-hydrogen) atoms. The van der Waals surface area contributed by atoms with Gasteiger partial charge in [-0.05, 0) is 20.8 Å². The summed E-state index contributed by atoms with van der Waals surface area (Å²) >= 11 is 0. The number of nitrogens with zero attached hydrogens (tertiary/aromatic N) is 2. The number of rotatable bonds is 1. The smallest absolute Gasteiger partial charge is 0.411 e. The molecule has 1 N–H and O–H groups in total. The summed E-state index contributed by atoms with van der Waals surface area (Å²) in [5.74, 6) is -1.46. The molecule has 7 nitrogen and oxygen atoms in total. The van der Waals surface area contributed by atoms with Gasteiger partial charge in [0, 0.05) is 7.05 Å². The van der Waals surface area contributed by atoms with Gasteiger partial charge in [0.25, 0.3) is 0 Å². The Balaban J connectivity index is 2.86. The number of carboxylic acid groups (broad SMARTS) is 1. The van der Waals surface area contributed by atoms with Gasteiger partial charge in [0.15, 0.2) is 6.04 Å². The number of aliphatic carboxylic acids is 1. The SMILES string of the molecule is CN1C[C@@H](C(=O)O)N(C(=O)OC(C)(C)C)CC1=O. The first-order valence-electron chi connectivity index (χ1n) is 5.58. The average Bonchev–Trinajstić information content (AvgIpc) is 2.18. The molecule has 0 radical (unpaired) electrons. The Hall–Kier alpha value is -1.79.